The Morgan fingerprint density at radius 1 is 1.31 bits per heavy atom. The van der Waals surface area contributed by atoms with Crippen LogP contribution in [0.2, 0.25) is 5.02 Å². The molecule has 0 saturated carbocycles. The van der Waals surface area contributed by atoms with Crippen molar-refractivity contribution in [3.05, 3.63) is 34.6 Å². The summed E-state index contributed by atoms with van der Waals surface area (Å²) in [7, 11) is 0. The summed E-state index contributed by atoms with van der Waals surface area (Å²) in [6.45, 7) is 3.73. The van der Waals surface area contributed by atoms with Gasteiger partial charge in [-0.1, -0.05) is 17.7 Å². The van der Waals surface area contributed by atoms with E-state index in [1.165, 1.54) is 6.07 Å². The van der Waals surface area contributed by atoms with E-state index in [-0.39, 0.29) is 41.3 Å². The monoisotopic (exact) mass is 406 g/mol. The van der Waals surface area contributed by atoms with E-state index in [4.69, 9.17) is 21.1 Å². The molecule has 26 heavy (non-hydrogen) atoms. The molecule has 0 bridgehead atoms. The van der Waals surface area contributed by atoms with Crippen LogP contribution in [0.4, 0.5) is 4.39 Å². The summed E-state index contributed by atoms with van der Waals surface area (Å²) in [5.41, 5.74) is 0.746. The lowest BCUT2D eigenvalue weighted by Crippen LogP contribution is -2.40. The maximum absolute atomic E-state index is 13.8. The van der Waals surface area contributed by atoms with Gasteiger partial charge in [0.15, 0.2) is 0 Å². The van der Waals surface area contributed by atoms with E-state index in [0.717, 1.165) is 24.9 Å². The number of carbonyl (C=O) groups excluding carboxylic acids is 1. The Bertz CT molecular complexity index is 600. The maximum Gasteiger partial charge on any atom is 0.223 e. The number of benzene rings is 1. The van der Waals surface area contributed by atoms with Gasteiger partial charge < -0.3 is 20.1 Å². The predicted octanol–water partition coefficient (Wildman–Crippen LogP) is 2.72. The van der Waals surface area contributed by atoms with Crippen LogP contribution in [0.1, 0.15) is 24.5 Å². The molecule has 8 heteroatoms. The second kappa shape index (κ2) is 10.4. The van der Waals surface area contributed by atoms with Gasteiger partial charge in [0.05, 0.1) is 17.7 Å². The third-order valence-corrected chi connectivity index (χ3v) is 5.12. The van der Waals surface area contributed by atoms with Crippen LogP contribution in [0.3, 0.4) is 0 Å². The highest BCUT2D eigenvalue weighted by atomic mass is 35.5. The van der Waals surface area contributed by atoms with Crippen LogP contribution in [0.25, 0.3) is 0 Å². The quantitative estimate of drug-likeness (QED) is 0.806. The molecule has 2 fully saturated rings. The Labute approximate surface area is 164 Å². The highest BCUT2D eigenvalue weighted by Gasteiger charge is 2.28. The molecule has 1 aromatic carbocycles. The first-order chi connectivity index (χ1) is 12.1. The fraction of sp³-hybridized carbons (Fsp3) is 0.611. The van der Waals surface area contributed by atoms with Gasteiger partial charge in [-0.3, -0.25) is 4.79 Å². The zero-order chi connectivity index (χ0) is 17.6. The highest BCUT2D eigenvalue weighted by Crippen LogP contribution is 2.29. The number of amides is 1. The smallest absolute Gasteiger partial charge is 0.223 e. The molecule has 1 amide bonds. The highest BCUT2D eigenvalue weighted by molar-refractivity contribution is 6.30. The molecule has 0 spiro atoms. The molecule has 0 unspecified atom stereocenters. The third-order valence-electron chi connectivity index (χ3n) is 4.81. The van der Waals surface area contributed by atoms with Gasteiger partial charge in [0.2, 0.25) is 5.91 Å². The van der Waals surface area contributed by atoms with Crippen molar-refractivity contribution in [2.75, 3.05) is 39.5 Å². The number of hydrogen-bond acceptors (Lipinski definition) is 4. The van der Waals surface area contributed by atoms with Crippen LogP contribution < -0.4 is 10.6 Å². The summed E-state index contributed by atoms with van der Waals surface area (Å²) in [4.78, 5) is 12.4. The van der Waals surface area contributed by atoms with E-state index in [9.17, 15) is 9.18 Å². The van der Waals surface area contributed by atoms with Crippen LogP contribution >= 0.6 is 24.0 Å². The number of rotatable bonds is 4. The Morgan fingerprint density at radius 3 is 2.81 bits per heavy atom. The second-order valence-electron chi connectivity index (χ2n) is 6.56. The van der Waals surface area contributed by atoms with Gasteiger partial charge in [0, 0.05) is 44.7 Å². The van der Waals surface area contributed by atoms with Crippen molar-refractivity contribution < 1.29 is 18.7 Å². The van der Waals surface area contributed by atoms with Crippen LogP contribution in [0, 0.1) is 17.7 Å². The topological polar surface area (TPSA) is 59.6 Å². The largest absolute Gasteiger partial charge is 0.381 e. The average molecular weight is 407 g/mol. The Hall–Kier alpha value is -0.920. The Balaban J connectivity index is 0.00000243. The molecule has 5 nitrogen and oxygen atoms in total. The van der Waals surface area contributed by atoms with E-state index in [0.29, 0.717) is 32.9 Å². The van der Waals surface area contributed by atoms with Crippen molar-refractivity contribution in [3.63, 3.8) is 0 Å². The van der Waals surface area contributed by atoms with Crippen molar-refractivity contribution in [1.82, 2.24) is 10.6 Å². The summed E-state index contributed by atoms with van der Waals surface area (Å²) < 4.78 is 25.1. The second-order valence-corrected chi connectivity index (χ2v) is 6.97. The van der Waals surface area contributed by atoms with Crippen LogP contribution in [-0.2, 0) is 14.3 Å². The first-order valence-corrected chi connectivity index (χ1v) is 9.15. The third kappa shape index (κ3) is 5.54. The number of ether oxygens (including phenoxy) is 2. The van der Waals surface area contributed by atoms with Gasteiger partial charge in [-0.15, -0.1) is 12.4 Å². The molecule has 1 aromatic rings. The molecule has 2 aliphatic rings. The van der Waals surface area contributed by atoms with Crippen LogP contribution in [0.5, 0.6) is 0 Å². The molecule has 0 aromatic heterocycles. The van der Waals surface area contributed by atoms with Crippen molar-refractivity contribution in [2.45, 2.75) is 18.9 Å². The molecule has 2 atom stereocenters. The number of halogens is 3. The molecule has 2 aliphatic heterocycles. The zero-order valence-electron chi connectivity index (χ0n) is 14.5. The van der Waals surface area contributed by atoms with E-state index < -0.39 is 5.82 Å². The Morgan fingerprint density at radius 2 is 2.08 bits per heavy atom. The van der Waals surface area contributed by atoms with E-state index >= 15 is 0 Å². The summed E-state index contributed by atoms with van der Waals surface area (Å²) >= 11 is 5.78. The van der Waals surface area contributed by atoms with Crippen molar-refractivity contribution >= 4 is 29.9 Å². The molecule has 0 aliphatic carbocycles. The molecule has 3 rings (SSSR count). The minimum Gasteiger partial charge on any atom is -0.381 e. The van der Waals surface area contributed by atoms with E-state index in [1.807, 2.05) is 0 Å². The molecule has 2 heterocycles. The summed E-state index contributed by atoms with van der Waals surface area (Å²) in [6.07, 6.45) is 1.24. The molecule has 146 valence electrons. The van der Waals surface area contributed by atoms with E-state index in [1.54, 1.807) is 12.1 Å². The SMILES string of the molecule is Cl.O=C(NC[C@@H]1CNCCO[C@H]1c1ccc(Cl)c(F)c1)C1CCOCC1. The number of carbonyl (C=O) groups is 1. The normalized spacial score (nSPS) is 24.4. The van der Waals surface area contributed by atoms with Crippen molar-refractivity contribution in [1.29, 1.82) is 0 Å². The van der Waals surface area contributed by atoms with Gasteiger partial charge in [0.1, 0.15) is 5.82 Å². The first kappa shape index (κ1) is 21.4. The van der Waals surface area contributed by atoms with Gasteiger partial charge in [-0.05, 0) is 30.5 Å². The summed E-state index contributed by atoms with van der Waals surface area (Å²) in [5, 5.41) is 6.45. The van der Waals surface area contributed by atoms with Gasteiger partial charge in [-0.25, -0.2) is 4.39 Å². The molecule has 2 N–H and O–H groups in total. The Kier molecular flexibility index (Phi) is 8.57. The molecule has 0 radical (unpaired) electrons. The van der Waals surface area contributed by atoms with Gasteiger partial charge in [0.25, 0.3) is 0 Å². The minimum atomic E-state index is -0.454. The van der Waals surface area contributed by atoms with Crippen LogP contribution in [0.15, 0.2) is 18.2 Å². The number of nitrogens with one attached hydrogen (secondary N) is 2. The molecular weight excluding hydrogens is 382 g/mol. The van der Waals surface area contributed by atoms with Crippen molar-refractivity contribution in [2.24, 2.45) is 11.8 Å². The lowest BCUT2D eigenvalue weighted by molar-refractivity contribution is -0.128. The summed E-state index contributed by atoms with van der Waals surface area (Å²) in [6, 6.07) is 4.76. The number of hydrogen-bond donors (Lipinski definition) is 2. The fourth-order valence-electron chi connectivity index (χ4n) is 3.36. The van der Waals surface area contributed by atoms with E-state index in [2.05, 4.69) is 10.6 Å². The average Bonchev–Trinajstić information content (AvgIpc) is 2.88. The standard InChI is InChI=1S/C18H24ClFN2O3.ClH/c19-15-2-1-13(9-16(15)20)17-14(10-21-5-8-25-17)11-22-18(23)12-3-6-24-7-4-12;/h1-2,9,12,14,17,21H,3-8,10-11H2,(H,22,23);1H/t14-,17-;/m0./s1. The molecule has 2 saturated heterocycles. The maximum atomic E-state index is 13.8. The lowest BCUT2D eigenvalue weighted by atomic mass is 9.94. The predicted molar refractivity (Wildman–Crippen MR) is 100 cm³/mol. The summed E-state index contributed by atoms with van der Waals surface area (Å²) in [5.74, 6) is -0.356. The lowest BCUT2D eigenvalue weighted by Gasteiger charge is -2.27. The molecular formula is C18H25Cl2FN2O3. The zero-order valence-corrected chi connectivity index (χ0v) is 16.1. The first-order valence-electron chi connectivity index (χ1n) is 8.78. The van der Waals surface area contributed by atoms with Crippen molar-refractivity contribution in [3.8, 4) is 0 Å². The van der Waals surface area contributed by atoms with Gasteiger partial charge in [-0.2, -0.15) is 0 Å². The van der Waals surface area contributed by atoms with Gasteiger partial charge >= 0.3 is 0 Å². The van der Waals surface area contributed by atoms with Crippen LogP contribution in [-0.4, -0.2) is 45.4 Å². The minimum absolute atomic E-state index is 0. The fourth-order valence-corrected chi connectivity index (χ4v) is 3.48.